The molecule has 0 unspecified atom stereocenters. The molecule has 1 aliphatic rings. The van der Waals surface area contributed by atoms with E-state index in [4.69, 9.17) is 11.8 Å². The predicted octanol–water partition coefficient (Wildman–Crippen LogP) is 3.33. The maximum absolute atomic E-state index is 6.37. The number of likely N-dealkylation sites (N-methyl/N-ethyl adjacent to an activating group) is 1. The number of halogens is 1. The van der Waals surface area contributed by atoms with Gasteiger partial charge in [0.1, 0.15) is 0 Å². The number of nitrogens with zero attached hydrogens (tertiary/aromatic N) is 2. The van der Waals surface area contributed by atoms with E-state index in [1.54, 1.807) is 0 Å². The van der Waals surface area contributed by atoms with E-state index in [1.807, 2.05) is 4.42 Å². The molecular weight excluding hydrogens is 268 g/mol. The van der Waals surface area contributed by atoms with E-state index in [9.17, 15) is 0 Å². The van der Waals surface area contributed by atoms with Gasteiger partial charge in [0.05, 0.1) is 5.54 Å². The van der Waals surface area contributed by atoms with Crippen LogP contribution in [0.2, 0.25) is 0 Å². The first-order valence-electron chi connectivity index (χ1n) is 6.96. The number of hydrogen-bond acceptors (Lipinski definition) is 2. The highest BCUT2D eigenvalue weighted by atomic mass is 35.5. The van der Waals surface area contributed by atoms with Crippen molar-refractivity contribution in [3.05, 3.63) is 71.8 Å². The fourth-order valence-electron chi connectivity index (χ4n) is 3.12. The van der Waals surface area contributed by atoms with Crippen LogP contribution in [0.25, 0.3) is 0 Å². The molecule has 0 aromatic heterocycles. The number of hydrogen-bond donors (Lipinski definition) is 0. The van der Waals surface area contributed by atoms with Gasteiger partial charge in [0.25, 0.3) is 0 Å². The molecule has 0 spiro atoms. The van der Waals surface area contributed by atoms with Crippen molar-refractivity contribution >= 4 is 11.8 Å². The van der Waals surface area contributed by atoms with Crippen LogP contribution in [0.3, 0.4) is 0 Å². The molecule has 1 heterocycles. The SMILES string of the molecule is CN1CCN(Cl)CC1(c1ccccc1)c1ccccc1. The summed E-state index contributed by atoms with van der Waals surface area (Å²) < 4.78 is 1.90. The van der Waals surface area contributed by atoms with Gasteiger partial charge in [-0.1, -0.05) is 60.7 Å². The summed E-state index contributed by atoms with van der Waals surface area (Å²) in [6, 6.07) is 21.3. The quantitative estimate of drug-likeness (QED) is 0.782. The fourth-order valence-corrected chi connectivity index (χ4v) is 3.36. The Hall–Kier alpha value is -1.35. The van der Waals surface area contributed by atoms with Gasteiger partial charge < -0.3 is 0 Å². The molecule has 0 atom stereocenters. The van der Waals surface area contributed by atoms with E-state index < -0.39 is 0 Å². The lowest BCUT2D eigenvalue weighted by molar-refractivity contribution is 0.0820. The van der Waals surface area contributed by atoms with Crippen LogP contribution in [0.5, 0.6) is 0 Å². The van der Waals surface area contributed by atoms with Crippen LogP contribution in [0, 0.1) is 0 Å². The second-order valence-corrected chi connectivity index (χ2v) is 5.84. The highest BCUT2D eigenvalue weighted by molar-refractivity contribution is 6.13. The summed E-state index contributed by atoms with van der Waals surface area (Å²) >= 11 is 6.37. The van der Waals surface area contributed by atoms with Crippen LogP contribution < -0.4 is 0 Å². The van der Waals surface area contributed by atoms with Gasteiger partial charge in [0.2, 0.25) is 0 Å². The lowest BCUT2D eigenvalue weighted by Gasteiger charge is -2.48. The van der Waals surface area contributed by atoms with Crippen molar-refractivity contribution in [3.8, 4) is 0 Å². The van der Waals surface area contributed by atoms with Gasteiger partial charge in [-0.15, -0.1) is 0 Å². The Morgan fingerprint density at radius 1 is 0.850 bits per heavy atom. The Morgan fingerprint density at radius 3 is 1.85 bits per heavy atom. The van der Waals surface area contributed by atoms with E-state index in [0.717, 1.165) is 19.6 Å². The third-order valence-electron chi connectivity index (χ3n) is 4.23. The molecule has 3 rings (SSSR count). The standard InChI is InChI=1S/C17H19ClN2/c1-19-12-13-20(18)14-17(19,15-8-4-2-5-9-15)16-10-6-3-7-11-16/h2-11H,12-14H2,1H3. The van der Waals surface area contributed by atoms with Gasteiger partial charge >= 0.3 is 0 Å². The molecule has 3 heteroatoms. The lowest BCUT2D eigenvalue weighted by Crippen LogP contribution is -2.57. The van der Waals surface area contributed by atoms with Gasteiger partial charge in [0.15, 0.2) is 0 Å². The van der Waals surface area contributed by atoms with Crippen LogP contribution in [0.1, 0.15) is 11.1 Å². The van der Waals surface area contributed by atoms with E-state index in [2.05, 4.69) is 72.6 Å². The normalized spacial score (nSPS) is 19.9. The summed E-state index contributed by atoms with van der Waals surface area (Å²) in [7, 11) is 2.18. The van der Waals surface area contributed by atoms with Crippen molar-refractivity contribution in [2.45, 2.75) is 5.54 Å². The maximum Gasteiger partial charge on any atom is 0.0855 e. The Morgan fingerprint density at radius 2 is 1.35 bits per heavy atom. The molecule has 2 nitrogen and oxygen atoms in total. The minimum absolute atomic E-state index is 0.178. The smallest absolute Gasteiger partial charge is 0.0855 e. The largest absolute Gasteiger partial charge is 0.290 e. The molecule has 0 bridgehead atoms. The Bertz CT molecular complexity index is 516. The first-order valence-corrected chi connectivity index (χ1v) is 7.30. The van der Waals surface area contributed by atoms with E-state index in [-0.39, 0.29) is 5.54 Å². The second-order valence-electron chi connectivity index (χ2n) is 5.36. The van der Waals surface area contributed by atoms with Gasteiger partial charge in [-0.2, -0.15) is 0 Å². The topological polar surface area (TPSA) is 6.48 Å². The summed E-state index contributed by atoms with van der Waals surface area (Å²) in [5.74, 6) is 0. The zero-order chi connectivity index (χ0) is 14.0. The van der Waals surface area contributed by atoms with Crippen LogP contribution in [0.15, 0.2) is 60.7 Å². The number of piperazine rings is 1. The van der Waals surface area contributed by atoms with Crippen molar-refractivity contribution in [1.82, 2.24) is 9.32 Å². The van der Waals surface area contributed by atoms with Crippen LogP contribution in [-0.4, -0.2) is 36.0 Å². The Balaban J connectivity index is 2.17. The van der Waals surface area contributed by atoms with E-state index in [1.165, 1.54) is 11.1 Å². The minimum atomic E-state index is -0.178. The summed E-state index contributed by atoms with van der Waals surface area (Å²) in [5, 5.41) is 0. The fraction of sp³-hybridized carbons (Fsp3) is 0.294. The van der Waals surface area contributed by atoms with Crippen LogP contribution >= 0.6 is 11.8 Å². The lowest BCUT2D eigenvalue weighted by atomic mass is 9.80. The van der Waals surface area contributed by atoms with Crippen molar-refractivity contribution in [2.75, 3.05) is 26.7 Å². The van der Waals surface area contributed by atoms with Crippen molar-refractivity contribution in [1.29, 1.82) is 0 Å². The monoisotopic (exact) mass is 286 g/mol. The van der Waals surface area contributed by atoms with Gasteiger partial charge in [0, 0.05) is 19.6 Å². The molecule has 1 saturated heterocycles. The third-order valence-corrected chi connectivity index (χ3v) is 4.52. The predicted molar refractivity (Wildman–Crippen MR) is 83.7 cm³/mol. The van der Waals surface area contributed by atoms with Crippen LogP contribution in [-0.2, 0) is 5.54 Å². The average molecular weight is 287 g/mol. The molecule has 2 aromatic carbocycles. The molecule has 104 valence electrons. The first kappa shape index (κ1) is 13.6. The molecule has 0 aliphatic carbocycles. The molecule has 2 aromatic rings. The van der Waals surface area contributed by atoms with Crippen LogP contribution in [0.4, 0.5) is 0 Å². The first-order chi connectivity index (χ1) is 9.73. The summed E-state index contributed by atoms with van der Waals surface area (Å²) in [6.07, 6.45) is 0. The summed E-state index contributed by atoms with van der Waals surface area (Å²) in [4.78, 5) is 2.41. The number of benzene rings is 2. The van der Waals surface area contributed by atoms with E-state index in [0.29, 0.717) is 0 Å². The van der Waals surface area contributed by atoms with Gasteiger partial charge in [-0.3, -0.25) is 4.90 Å². The van der Waals surface area contributed by atoms with Crippen molar-refractivity contribution < 1.29 is 0 Å². The molecule has 0 N–H and O–H groups in total. The van der Waals surface area contributed by atoms with E-state index >= 15 is 0 Å². The molecule has 0 amide bonds. The maximum atomic E-state index is 6.37. The zero-order valence-electron chi connectivity index (χ0n) is 11.7. The van der Waals surface area contributed by atoms with Gasteiger partial charge in [-0.25, -0.2) is 4.42 Å². The van der Waals surface area contributed by atoms with Gasteiger partial charge in [-0.05, 0) is 30.0 Å². The zero-order valence-corrected chi connectivity index (χ0v) is 12.4. The second kappa shape index (κ2) is 5.57. The Labute approximate surface area is 125 Å². The molecule has 1 fully saturated rings. The third kappa shape index (κ3) is 2.24. The minimum Gasteiger partial charge on any atom is -0.290 e. The molecule has 1 aliphatic heterocycles. The molecule has 0 saturated carbocycles. The number of rotatable bonds is 2. The average Bonchev–Trinajstić information content (AvgIpc) is 2.51. The Kier molecular flexibility index (Phi) is 3.79. The molecular formula is C17H19ClN2. The van der Waals surface area contributed by atoms with Crippen molar-refractivity contribution in [2.24, 2.45) is 0 Å². The summed E-state index contributed by atoms with van der Waals surface area (Å²) in [6.45, 7) is 2.63. The molecule has 0 radical (unpaired) electrons. The highest BCUT2D eigenvalue weighted by Crippen LogP contribution is 2.38. The molecule has 20 heavy (non-hydrogen) atoms. The van der Waals surface area contributed by atoms with Crippen molar-refractivity contribution in [3.63, 3.8) is 0 Å². The summed E-state index contributed by atoms with van der Waals surface area (Å²) in [5.41, 5.74) is 2.40. The highest BCUT2D eigenvalue weighted by Gasteiger charge is 2.42.